The highest BCUT2D eigenvalue weighted by atomic mass is 32.2. The van der Waals surface area contributed by atoms with E-state index in [1.54, 1.807) is 11.8 Å². The third kappa shape index (κ3) is 6.54. The Morgan fingerprint density at radius 2 is 1.93 bits per heavy atom. The summed E-state index contributed by atoms with van der Waals surface area (Å²) in [5, 5.41) is 11.3. The van der Waals surface area contributed by atoms with E-state index in [0.717, 1.165) is 21.2 Å². The molecule has 1 N–H and O–H groups in total. The number of rotatable bonds is 8. The fourth-order valence-corrected chi connectivity index (χ4v) is 3.73. The first kappa shape index (κ1) is 19.1. The molecule has 0 atom stereocenters. The lowest BCUT2D eigenvalue weighted by Crippen LogP contribution is -2.20. The average Bonchev–Trinajstić information content (AvgIpc) is 3.13. The Morgan fingerprint density at radius 3 is 2.70 bits per heavy atom. The Balaban J connectivity index is 1.41. The summed E-state index contributed by atoms with van der Waals surface area (Å²) in [6.45, 7) is 1.93. The normalized spacial score (nSPS) is 10.9. The zero-order chi connectivity index (χ0) is 18.9. The molecular weight excluding hydrogens is 378 g/mol. The Labute approximate surface area is 166 Å². The zero-order valence-electron chi connectivity index (χ0n) is 14.8. The van der Waals surface area contributed by atoms with Gasteiger partial charge in [-0.05, 0) is 24.6 Å². The molecule has 5 nitrogen and oxygen atoms in total. The molecular formula is C20H19N3O2S2. The van der Waals surface area contributed by atoms with E-state index in [2.05, 4.69) is 39.8 Å². The monoisotopic (exact) mass is 397 g/mol. The molecule has 27 heavy (non-hydrogen) atoms. The second kappa shape index (κ2) is 9.89. The maximum absolute atomic E-state index is 12.0. The first-order valence-corrected chi connectivity index (χ1v) is 10.2. The lowest BCUT2D eigenvalue weighted by Gasteiger charge is -2.05. The van der Waals surface area contributed by atoms with Gasteiger partial charge in [-0.15, -0.1) is 10.2 Å². The van der Waals surface area contributed by atoms with Crippen LogP contribution < -0.4 is 10.1 Å². The molecule has 0 aliphatic heterocycles. The number of hydrogen-bond acceptors (Lipinski definition) is 6. The lowest BCUT2D eigenvalue weighted by atomic mass is 10.2. The number of carbonyl (C=O) groups is 1. The van der Waals surface area contributed by atoms with Crippen LogP contribution in [0.5, 0.6) is 5.75 Å². The second-order valence-electron chi connectivity index (χ2n) is 5.65. The van der Waals surface area contributed by atoms with E-state index in [4.69, 9.17) is 4.74 Å². The lowest BCUT2D eigenvalue weighted by molar-refractivity contribution is -0.118. The molecule has 138 valence electrons. The molecule has 1 amide bonds. The third-order valence-electron chi connectivity index (χ3n) is 3.46. The standard InChI is InChI=1S/C20H19N3O2S2/c1-15-9-11-17(12-10-15)25-14-18(24)21-19-22-23-20(27-19)26-13-5-8-16-6-3-2-4-7-16/h2-12H,13-14H2,1H3,(H,21,22,24)/b8-5+. The third-order valence-corrected chi connectivity index (χ3v) is 5.38. The van der Waals surface area contributed by atoms with Gasteiger partial charge in [-0.2, -0.15) is 0 Å². The summed E-state index contributed by atoms with van der Waals surface area (Å²) in [7, 11) is 0. The first-order valence-electron chi connectivity index (χ1n) is 8.36. The van der Waals surface area contributed by atoms with Gasteiger partial charge >= 0.3 is 0 Å². The average molecular weight is 398 g/mol. The number of carbonyl (C=O) groups excluding carboxylic acids is 1. The quantitative estimate of drug-likeness (QED) is 0.442. The fourth-order valence-electron chi connectivity index (χ4n) is 2.13. The molecule has 0 aliphatic rings. The van der Waals surface area contributed by atoms with Crippen molar-refractivity contribution in [2.24, 2.45) is 0 Å². The number of thioether (sulfide) groups is 1. The minimum Gasteiger partial charge on any atom is -0.484 e. The Morgan fingerprint density at radius 1 is 1.15 bits per heavy atom. The molecule has 1 heterocycles. The number of aromatic nitrogens is 2. The molecule has 3 rings (SSSR count). The molecule has 0 radical (unpaired) electrons. The van der Waals surface area contributed by atoms with Crippen LogP contribution in [0.15, 0.2) is 65.0 Å². The number of benzene rings is 2. The van der Waals surface area contributed by atoms with Crippen molar-refractivity contribution in [2.45, 2.75) is 11.3 Å². The van der Waals surface area contributed by atoms with Crippen LogP contribution in [0, 0.1) is 6.92 Å². The minimum atomic E-state index is -0.257. The van der Waals surface area contributed by atoms with Crippen LogP contribution in [0.4, 0.5) is 5.13 Å². The highest BCUT2D eigenvalue weighted by Crippen LogP contribution is 2.25. The first-order chi connectivity index (χ1) is 13.2. The van der Waals surface area contributed by atoms with Gasteiger partial charge in [-0.1, -0.05) is 83.3 Å². The van der Waals surface area contributed by atoms with Crippen LogP contribution in [0.1, 0.15) is 11.1 Å². The molecule has 0 saturated carbocycles. The smallest absolute Gasteiger partial charge is 0.264 e. The van der Waals surface area contributed by atoms with E-state index >= 15 is 0 Å². The molecule has 0 fully saturated rings. The van der Waals surface area contributed by atoms with Crippen molar-refractivity contribution >= 4 is 40.2 Å². The number of ether oxygens (including phenoxy) is 1. The summed E-state index contributed by atoms with van der Waals surface area (Å²) in [5.41, 5.74) is 2.31. The highest BCUT2D eigenvalue weighted by molar-refractivity contribution is 8.01. The number of nitrogens with one attached hydrogen (secondary N) is 1. The van der Waals surface area contributed by atoms with Gasteiger partial charge in [0.2, 0.25) is 5.13 Å². The summed E-state index contributed by atoms with van der Waals surface area (Å²) < 4.78 is 6.26. The summed E-state index contributed by atoms with van der Waals surface area (Å²) in [4.78, 5) is 12.0. The molecule has 7 heteroatoms. The molecule has 1 aromatic heterocycles. The minimum absolute atomic E-state index is 0.0646. The Kier molecular flexibility index (Phi) is 7.01. The summed E-state index contributed by atoms with van der Waals surface area (Å²) in [5.74, 6) is 1.19. The van der Waals surface area contributed by atoms with Gasteiger partial charge in [0.15, 0.2) is 10.9 Å². The van der Waals surface area contributed by atoms with E-state index in [1.807, 2.05) is 49.4 Å². The van der Waals surface area contributed by atoms with E-state index in [1.165, 1.54) is 11.3 Å². The van der Waals surface area contributed by atoms with Gasteiger partial charge in [0.1, 0.15) is 5.75 Å². The van der Waals surface area contributed by atoms with E-state index in [0.29, 0.717) is 10.9 Å². The highest BCUT2D eigenvalue weighted by Gasteiger charge is 2.09. The van der Waals surface area contributed by atoms with Crippen LogP contribution in [0.3, 0.4) is 0 Å². The van der Waals surface area contributed by atoms with Crippen molar-refractivity contribution in [2.75, 3.05) is 17.7 Å². The van der Waals surface area contributed by atoms with E-state index in [-0.39, 0.29) is 12.5 Å². The summed E-state index contributed by atoms with van der Waals surface area (Å²) >= 11 is 2.93. The molecule has 0 unspecified atom stereocenters. The van der Waals surface area contributed by atoms with Gasteiger partial charge in [0.05, 0.1) is 0 Å². The predicted molar refractivity (Wildman–Crippen MR) is 111 cm³/mol. The van der Waals surface area contributed by atoms with E-state index in [9.17, 15) is 4.79 Å². The van der Waals surface area contributed by atoms with Crippen molar-refractivity contribution in [1.29, 1.82) is 0 Å². The molecule has 0 spiro atoms. The topological polar surface area (TPSA) is 64.1 Å². The van der Waals surface area contributed by atoms with E-state index < -0.39 is 0 Å². The maximum Gasteiger partial charge on any atom is 0.264 e. The maximum atomic E-state index is 12.0. The van der Waals surface area contributed by atoms with Crippen molar-refractivity contribution in [3.63, 3.8) is 0 Å². The zero-order valence-corrected chi connectivity index (χ0v) is 16.4. The number of aryl methyl sites for hydroxylation is 1. The van der Waals surface area contributed by atoms with Crippen molar-refractivity contribution in [3.05, 3.63) is 71.8 Å². The van der Waals surface area contributed by atoms with Crippen molar-refractivity contribution < 1.29 is 9.53 Å². The number of amides is 1. The Hall–Kier alpha value is -2.64. The van der Waals surface area contributed by atoms with Crippen LogP contribution in [0.2, 0.25) is 0 Å². The SMILES string of the molecule is Cc1ccc(OCC(=O)Nc2nnc(SC/C=C/c3ccccc3)s2)cc1. The summed E-state index contributed by atoms with van der Waals surface area (Å²) in [6, 6.07) is 17.7. The van der Waals surface area contributed by atoms with Gasteiger partial charge in [-0.3, -0.25) is 10.1 Å². The molecule has 0 saturated heterocycles. The Bertz CT molecular complexity index is 893. The molecule has 0 aliphatic carbocycles. The second-order valence-corrected chi connectivity index (χ2v) is 7.89. The van der Waals surface area contributed by atoms with Gasteiger partial charge in [-0.25, -0.2) is 0 Å². The van der Waals surface area contributed by atoms with Crippen molar-refractivity contribution in [1.82, 2.24) is 10.2 Å². The van der Waals surface area contributed by atoms with Crippen LogP contribution in [0.25, 0.3) is 6.08 Å². The summed E-state index contributed by atoms with van der Waals surface area (Å²) in [6.07, 6.45) is 4.15. The number of nitrogens with zero attached hydrogens (tertiary/aromatic N) is 2. The number of hydrogen-bond donors (Lipinski definition) is 1. The van der Waals surface area contributed by atoms with Gasteiger partial charge in [0.25, 0.3) is 5.91 Å². The van der Waals surface area contributed by atoms with Gasteiger partial charge < -0.3 is 4.74 Å². The van der Waals surface area contributed by atoms with Crippen LogP contribution in [-0.2, 0) is 4.79 Å². The molecule has 3 aromatic rings. The predicted octanol–water partition coefficient (Wildman–Crippen LogP) is 4.67. The fraction of sp³-hybridized carbons (Fsp3) is 0.150. The number of anilines is 1. The molecule has 0 bridgehead atoms. The van der Waals surface area contributed by atoms with Crippen LogP contribution >= 0.6 is 23.1 Å². The van der Waals surface area contributed by atoms with Gasteiger partial charge in [0, 0.05) is 5.75 Å². The van der Waals surface area contributed by atoms with Crippen molar-refractivity contribution in [3.8, 4) is 5.75 Å². The largest absolute Gasteiger partial charge is 0.484 e. The molecule has 2 aromatic carbocycles. The van der Waals surface area contributed by atoms with Crippen LogP contribution in [-0.4, -0.2) is 28.5 Å².